The molecule has 2 heterocycles. The molecule has 0 radical (unpaired) electrons. The molecule has 2 bridgehead atoms. The van der Waals surface area contributed by atoms with Crippen molar-refractivity contribution in [3.63, 3.8) is 0 Å². The zero-order valence-electron chi connectivity index (χ0n) is 79.0. The fraction of sp³-hybridized carbons (Fsp3) is 0.630. The summed E-state index contributed by atoms with van der Waals surface area (Å²) in [5.74, 6) is -27.7. The van der Waals surface area contributed by atoms with Crippen LogP contribution in [0.2, 0.25) is 0 Å². The summed E-state index contributed by atoms with van der Waals surface area (Å²) in [7, 11) is 2.96. The third kappa shape index (κ3) is 49.0. The minimum atomic E-state index is -2.07. The topological polar surface area (TPSA) is 951 Å². The van der Waals surface area contributed by atoms with Crippen LogP contribution in [0.1, 0.15) is 131 Å². The Bertz CT molecular complexity index is 4480. The van der Waals surface area contributed by atoms with E-state index in [-0.39, 0.29) is 103 Å². The number of aliphatic hydroxyl groups excluding tert-OH is 2. The van der Waals surface area contributed by atoms with Crippen LogP contribution in [-0.4, -0.2) is 336 Å². The molecule has 0 spiro atoms. The molecule has 44 N–H and O–H groups in total. The van der Waals surface area contributed by atoms with Gasteiger partial charge in [0, 0.05) is 68.6 Å². The number of benzene rings is 1. The average Bonchev–Trinajstić information content (AvgIpc) is 0.854. The lowest BCUT2D eigenvalue weighted by atomic mass is 10.0. The molecular formula is C81H138N34O22S4. The van der Waals surface area contributed by atoms with Crippen LogP contribution in [0.25, 0.3) is 0 Å². The SMILES string of the molecule is CC(C)C[C@@H]1NC(=O)[C@H](CCCNC(=N)N)NC(=O)[C@H](CCCNC(=N)N)NC(=O)[C@@H](NC(=O)CN)CSSC[C@@H](C(=O)N[C@@H](CCCNC(=N)N)C(=O)NCC(=O)N[C@@H](CCCNC(=N)N)C(=O)O)NC(=O)[C@H](C(C)C)NC(=O)[C@H]([C@@H](C)O)NC(=O)[C@H](Cc2ccccc2)NC(=O)[C@@H]2CSSC[C@H](NC1=O)C(=O)N[C@@H]([C@@H](C)O)C(=O)NCC(=O)N[C@@H](CCC(N)=O)C(=O)N[C@@H](CCCNC(=N)N)C(=O)N2. The fourth-order valence-electron chi connectivity index (χ4n) is 13.3. The van der Waals surface area contributed by atoms with Crippen molar-refractivity contribution < 1.29 is 106 Å². The zero-order valence-corrected chi connectivity index (χ0v) is 82.3. The van der Waals surface area contributed by atoms with Crippen molar-refractivity contribution in [1.29, 1.82) is 27.0 Å². The third-order valence-electron chi connectivity index (χ3n) is 20.7. The first-order chi connectivity index (χ1) is 66.5. The van der Waals surface area contributed by atoms with Crippen molar-refractivity contribution in [3.8, 4) is 0 Å². The molecule has 18 amide bonds. The van der Waals surface area contributed by atoms with Gasteiger partial charge in [0.25, 0.3) is 0 Å². The minimum Gasteiger partial charge on any atom is -0.480 e. The number of hydrogen-bond acceptors (Lipinski definition) is 31. The highest BCUT2D eigenvalue weighted by Crippen LogP contribution is 2.26. The molecule has 1 aromatic rings. The second-order valence-corrected chi connectivity index (χ2v) is 38.6. The van der Waals surface area contributed by atoms with Crippen molar-refractivity contribution in [1.82, 2.24) is 117 Å². The van der Waals surface area contributed by atoms with E-state index >= 15 is 38.4 Å². The van der Waals surface area contributed by atoms with Gasteiger partial charge in [-0.3, -0.25) is 113 Å². The molecule has 2 aliphatic rings. The predicted octanol–water partition coefficient (Wildman–Crippen LogP) is -12.4. The second-order valence-electron chi connectivity index (χ2n) is 33.4. The first-order valence-corrected chi connectivity index (χ1v) is 50.1. The van der Waals surface area contributed by atoms with Crippen LogP contribution in [0, 0.1) is 38.9 Å². The molecule has 0 aliphatic carbocycles. The van der Waals surface area contributed by atoms with Gasteiger partial charge in [0.15, 0.2) is 29.8 Å². The lowest BCUT2D eigenvalue weighted by Crippen LogP contribution is -2.63. The van der Waals surface area contributed by atoms with Crippen LogP contribution in [0.3, 0.4) is 0 Å². The Balaban J connectivity index is 2.57. The Morgan fingerprint density at radius 3 is 1.30 bits per heavy atom. The van der Waals surface area contributed by atoms with Crippen LogP contribution < -0.4 is 157 Å². The molecular weight excluding hydrogens is 1930 g/mol. The molecule has 2 saturated heterocycles. The van der Waals surface area contributed by atoms with Gasteiger partial charge in [0.05, 0.1) is 31.8 Å². The van der Waals surface area contributed by atoms with Crippen LogP contribution in [0.15, 0.2) is 30.3 Å². The van der Waals surface area contributed by atoms with Gasteiger partial charge in [-0.1, -0.05) is 101 Å². The molecule has 788 valence electrons. The quantitative estimate of drug-likeness (QED) is 0.0126. The standard InChI is InChI=1S/C81H138N34O22S4/c1-38(2)29-49-67(127)111-54-37-141-139-35-52(110-65(125)46(20-13-27-97-80(90)91)106-66(126)47(22-23-55(83)118)101-57(120)33-100-73(133)60(40(5)116)114-72(54)132)71(131)109-50(30-42-15-8-7-9-16-42)68(128)115-61(41(6)117)75(135)113-59(39(3)4)74(134)112-53(70(130)104-43(17-10-24-94-77(84)85)62(122)99-32-58(121)102-48(76(136)137)21-14-28-98-81(92)93)36-140-138-34-51(103-56(119)31-82)69(129)107-44(18-11-25-95-78(86)87)63(123)105-45(64(124)108-49)19-12-26-96-79(88)89/h7-9,15-16,38-41,43-54,59-61,116-117H,10-14,17-37,82H2,1-6H3,(H2,83,118)(H,99,122)(H,100,133)(H,101,120)(H,102,121)(H,103,119)(H,104,130)(H,105,123)(H,106,126)(H,107,129)(H,108,124)(H,109,131)(H,110,125)(H,111,127)(H,112,134)(H,113,135)(H,114,132)(H,115,128)(H,136,137)(H4,84,85,94)(H4,86,87,95)(H4,88,89,96)(H4,90,91,97)(H4,92,93,98)/t40-,41-,43+,44+,45+,46+,47+,48+,49+,50+,51+,52+,53+,54+,59+,60+,61+/m1/s1. The maximum absolute atomic E-state index is 15.5. The monoisotopic (exact) mass is 2070 g/mol. The number of guanidine groups is 5. The normalized spacial score (nSPS) is 22.9. The van der Waals surface area contributed by atoms with Crippen molar-refractivity contribution in [3.05, 3.63) is 35.9 Å². The minimum absolute atomic E-state index is 0.0474. The number of hydrogen-bond donors (Lipinski definition) is 37. The Labute approximate surface area is 828 Å². The summed E-state index contributed by atoms with van der Waals surface area (Å²) in [5.41, 5.74) is 39.2. The average molecular weight is 2070 g/mol. The summed E-state index contributed by atoms with van der Waals surface area (Å²) in [6.07, 6.45) is -7.06. The summed E-state index contributed by atoms with van der Waals surface area (Å²) >= 11 is 0. The molecule has 1 aromatic carbocycles. The van der Waals surface area contributed by atoms with Crippen LogP contribution in [0.4, 0.5) is 0 Å². The highest BCUT2D eigenvalue weighted by Gasteiger charge is 2.41. The molecule has 3 rings (SSSR count). The van der Waals surface area contributed by atoms with Crippen LogP contribution in [0.5, 0.6) is 0 Å². The molecule has 17 atom stereocenters. The van der Waals surface area contributed by atoms with Gasteiger partial charge < -0.3 is 172 Å². The molecule has 2 fully saturated rings. The Hall–Kier alpha value is -13.2. The molecule has 2 aliphatic heterocycles. The van der Waals surface area contributed by atoms with Crippen molar-refractivity contribution in [2.24, 2.45) is 52.0 Å². The maximum Gasteiger partial charge on any atom is 0.326 e. The Morgan fingerprint density at radius 2 is 0.830 bits per heavy atom. The summed E-state index contributed by atoms with van der Waals surface area (Å²) in [6.45, 7) is 5.39. The van der Waals surface area contributed by atoms with Crippen LogP contribution in [-0.2, 0) is 97.5 Å². The maximum atomic E-state index is 15.5. The number of carbonyl (C=O) groups is 19. The predicted molar refractivity (Wildman–Crippen MR) is 523 cm³/mol. The number of primary amides is 1. The van der Waals surface area contributed by atoms with E-state index in [0.29, 0.717) is 5.56 Å². The smallest absolute Gasteiger partial charge is 0.326 e. The van der Waals surface area contributed by atoms with E-state index in [1.54, 1.807) is 44.2 Å². The van der Waals surface area contributed by atoms with Crippen molar-refractivity contribution in [2.45, 2.75) is 234 Å². The molecule has 0 unspecified atom stereocenters. The summed E-state index contributed by atoms with van der Waals surface area (Å²) in [4.78, 5) is 274. The number of carbonyl (C=O) groups excluding carboxylic acids is 18. The first-order valence-electron chi connectivity index (χ1n) is 45.1. The molecule has 0 saturated carbocycles. The fourth-order valence-corrected chi connectivity index (χ4v) is 18.0. The van der Waals surface area contributed by atoms with Gasteiger partial charge in [-0.15, -0.1) is 0 Å². The summed E-state index contributed by atoms with van der Waals surface area (Å²) < 4.78 is 0. The van der Waals surface area contributed by atoms with E-state index < -0.39 is 319 Å². The van der Waals surface area contributed by atoms with Gasteiger partial charge >= 0.3 is 5.97 Å². The lowest BCUT2D eigenvalue weighted by molar-refractivity contribution is -0.142. The highest BCUT2D eigenvalue weighted by molar-refractivity contribution is 8.77. The Morgan fingerprint density at radius 1 is 0.426 bits per heavy atom. The second kappa shape index (κ2) is 64.9. The molecule has 60 heteroatoms. The zero-order chi connectivity index (χ0) is 106. The Kier molecular flexibility index (Phi) is 56.1. The van der Waals surface area contributed by atoms with E-state index in [9.17, 15) is 68.1 Å². The van der Waals surface area contributed by atoms with E-state index in [2.05, 4.69) is 117 Å². The summed E-state index contributed by atoms with van der Waals surface area (Å²) in [6, 6.07) is -18.6. The molecule has 56 nitrogen and oxygen atoms in total. The van der Waals surface area contributed by atoms with Gasteiger partial charge in [-0.25, -0.2) is 4.79 Å². The number of nitrogens with two attached hydrogens (primary N) is 7. The largest absolute Gasteiger partial charge is 0.480 e. The lowest BCUT2D eigenvalue weighted by Gasteiger charge is -2.30. The summed E-state index contributed by atoms with van der Waals surface area (Å²) in [5, 5.41) is 126. The van der Waals surface area contributed by atoms with E-state index in [4.69, 9.17) is 67.2 Å². The van der Waals surface area contributed by atoms with E-state index in [1.165, 1.54) is 13.8 Å². The number of fused-ring (bicyclic) bond motifs is 5. The third-order valence-corrected chi connectivity index (χ3v) is 25.6. The first kappa shape index (κ1) is 122. The van der Waals surface area contributed by atoms with Crippen molar-refractivity contribution in [2.75, 3.05) is 75.4 Å². The molecule has 0 aromatic heterocycles. The van der Waals surface area contributed by atoms with Gasteiger partial charge in [0.1, 0.15) is 90.6 Å². The number of rotatable bonds is 39. The number of amides is 18. The van der Waals surface area contributed by atoms with Crippen molar-refractivity contribution >= 4 is 185 Å². The van der Waals surface area contributed by atoms with Gasteiger partial charge in [0.2, 0.25) is 106 Å². The van der Waals surface area contributed by atoms with Gasteiger partial charge in [-0.05, 0) is 108 Å². The number of nitrogens with one attached hydrogen (secondary N) is 27. The molecule has 141 heavy (non-hydrogen) atoms. The van der Waals surface area contributed by atoms with E-state index in [1.807, 2.05) is 0 Å². The number of aliphatic carboxylic acids is 1. The highest BCUT2D eigenvalue weighted by atomic mass is 33.1. The number of aliphatic hydroxyl groups is 2. The van der Waals surface area contributed by atoms with E-state index in [0.717, 1.165) is 57.0 Å². The van der Waals surface area contributed by atoms with Crippen LogP contribution >= 0.6 is 43.2 Å². The number of carboxylic acids is 1. The number of carboxylic acid groups (broad SMARTS) is 1. The van der Waals surface area contributed by atoms with Gasteiger partial charge in [-0.2, -0.15) is 0 Å².